The minimum absolute atomic E-state index is 0.374. The van der Waals surface area contributed by atoms with E-state index >= 15 is 0 Å². The molecule has 138 valence electrons. The molecular weight excluding hydrogens is 310 g/mol. The molecule has 1 aromatic carbocycles. The van der Waals surface area contributed by atoms with Gasteiger partial charge in [0.15, 0.2) is 5.96 Å². The highest BCUT2D eigenvalue weighted by atomic mass is 15.4. The fourth-order valence-electron chi connectivity index (χ4n) is 2.82. The van der Waals surface area contributed by atoms with Gasteiger partial charge in [0.05, 0.1) is 0 Å². The lowest BCUT2D eigenvalue weighted by Gasteiger charge is -2.31. The quantitative estimate of drug-likeness (QED) is 0.579. The molecule has 1 heterocycles. The van der Waals surface area contributed by atoms with Gasteiger partial charge in [0.1, 0.15) is 5.66 Å². The third-order valence-electron chi connectivity index (χ3n) is 4.12. The van der Waals surface area contributed by atoms with Crippen molar-refractivity contribution in [3.05, 3.63) is 30.3 Å². The standard InChI is InChI=1S/C20H33N5/c1-4-5-6-7-8-9-13-16-21-18-23-19(25-20(2,3)24-18)22-17-14-11-10-12-15-17/h10-12,14-15H,4-9,13,16H2,1-3H3,(H3,21,22,23,24,25). The van der Waals surface area contributed by atoms with E-state index in [1.807, 2.05) is 44.2 Å². The number of para-hydroxylation sites is 1. The first-order valence-corrected chi connectivity index (χ1v) is 9.60. The number of nitrogens with zero attached hydrogens (tertiary/aromatic N) is 2. The van der Waals surface area contributed by atoms with Gasteiger partial charge in [0, 0.05) is 12.2 Å². The van der Waals surface area contributed by atoms with Crippen LogP contribution in [0, 0.1) is 0 Å². The van der Waals surface area contributed by atoms with Crippen LogP contribution in [0.15, 0.2) is 40.3 Å². The number of anilines is 1. The Morgan fingerprint density at radius 2 is 1.68 bits per heavy atom. The molecule has 0 saturated carbocycles. The highest BCUT2D eigenvalue weighted by Crippen LogP contribution is 2.11. The van der Waals surface area contributed by atoms with Crippen LogP contribution in [-0.4, -0.2) is 24.1 Å². The van der Waals surface area contributed by atoms with Crippen LogP contribution in [0.25, 0.3) is 0 Å². The molecule has 0 aromatic heterocycles. The molecule has 25 heavy (non-hydrogen) atoms. The maximum absolute atomic E-state index is 4.68. The van der Waals surface area contributed by atoms with Crippen LogP contribution < -0.4 is 16.0 Å². The van der Waals surface area contributed by atoms with Crippen LogP contribution in [-0.2, 0) is 0 Å². The van der Waals surface area contributed by atoms with Gasteiger partial charge < -0.3 is 10.6 Å². The molecule has 0 bridgehead atoms. The lowest BCUT2D eigenvalue weighted by Crippen LogP contribution is -2.57. The minimum atomic E-state index is -0.374. The summed E-state index contributed by atoms with van der Waals surface area (Å²) in [6.07, 6.45) is 9.10. The Morgan fingerprint density at radius 3 is 2.40 bits per heavy atom. The Bertz CT molecular complexity index is 563. The van der Waals surface area contributed by atoms with Crippen molar-refractivity contribution in [2.24, 2.45) is 9.98 Å². The highest BCUT2D eigenvalue weighted by Gasteiger charge is 2.24. The number of rotatable bonds is 9. The van der Waals surface area contributed by atoms with E-state index in [2.05, 4.69) is 32.9 Å². The monoisotopic (exact) mass is 343 g/mol. The molecule has 3 N–H and O–H groups in total. The van der Waals surface area contributed by atoms with Crippen molar-refractivity contribution in [3.63, 3.8) is 0 Å². The topological polar surface area (TPSA) is 60.8 Å². The fourth-order valence-corrected chi connectivity index (χ4v) is 2.82. The van der Waals surface area contributed by atoms with E-state index in [1.54, 1.807) is 0 Å². The van der Waals surface area contributed by atoms with Gasteiger partial charge in [-0.25, -0.2) is 4.99 Å². The maximum atomic E-state index is 4.68. The van der Waals surface area contributed by atoms with Crippen molar-refractivity contribution in [2.75, 3.05) is 11.9 Å². The second kappa shape index (κ2) is 10.1. The highest BCUT2D eigenvalue weighted by molar-refractivity contribution is 6.07. The summed E-state index contributed by atoms with van der Waals surface area (Å²) >= 11 is 0. The molecule has 1 aliphatic rings. The van der Waals surface area contributed by atoms with Crippen LogP contribution in [0.5, 0.6) is 0 Å². The molecule has 5 nitrogen and oxygen atoms in total. The zero-order valence-corrected chi connectivity index (χ0v) is 15.9. The molecule has 0 spiro atoms. The van der Waals surface area contributed by atoms with Crippen LogP contribution in [0.1, 0.15) is 65.7 Å². The largest absolute Gasteiger partial charge is 0.332 e. The van der Waals surface area contributed by atoms with Gasteiger partial charge in [-0.05, 0) is 32.4 Å². The van der Waals surface area contributed by atoms with Crippen molar-refractivity contribution in [2.45, 2.75) is 71.4 Å². The summed E-state index contributed by atoms with van der Waals surface area (Å²) in [6, 6.07) is 10.1. The summed E-state index contributed by atoms with van der Waals surface area (Å²) < 4.78 is 0. The molecule has 1 aromatic rings. The fraction of sp³-hybridized carbons (Fsp3) is 0.600. The Morgan fingerprint density at radius 1 is 1.00 bits per heavy atom. The normalized spacial score (nSPS) is 17.6. The number of nitrogens with one attached hydrogen (secondary N) is 3. The van der Waals surface area contributed by atoms with Crippen molar-refractivity contribution in [3.8, 4) is 0 Å². The molecule has 5 heteroatoms. The zero-order chi connectivity index (χ0) is 18.0. The van der Waals surface area contributed by atoms with Gasteiger partial charge >= 0.3 is 0 Å². The Hall–Kier alpha value is -2.04. The molecule has 0 unspecified atom stereocenters. The molecule has 0 fully saturated rings. The first kappa shape index (κ1) is 19.3. The van der Waals surface area contributed by atoms with Crippen LogP contribution in [0.3, 0.4) is 0 Å². The summed E-state index contributed by atoms with van der Waals surface area (Å²) in [5.74, 6) is 1.53. The van der Waals surface area contributed by atoms with E-state index in [-0.39, 0.29) is 5.66 Å². The predicted molar refractivity (Wildman–Crippen MR) is 108 cm³/mol. The SMILES string of the molecule is CCCCCCCCCN=C1NC(Nc2ccccc2)=NC(C)(C)N1. The molecular formula is C20H33N5. The second-order valence-corrected chi connectivity index (χ2v) is 7.11. The van der Waals surface area contributed by atoms with Gasteiger partial charge in [-0.3, -0.25) is 10.3 Å². The van der Waals surface area contributed by atoms with E-state index < -0.39 is 0 Å². The average Bonchev–Trinajstić information content (AvgIpc) is 2.57. The van der Waals surface area contributed by atoms with Crippen LogP contribution >= 0.6 is 0 Å². The van der Waals surface area contributed by atoms with E-state index in [1.165, 1.54) is 38.5 Å². The number of guanidine groups is 2. The smallest absolute Gasteiger partial charge is 0.204 e. The lowest BCUT2D eigenvalue weighted by molar-refractivity contribution is 0.468. The van der Waals surface area contributed by atoms with Gasteiger partial charge in [-0.15, -0.1) is 0 Å². The number of benzene rings is 1. The second-order valence-electron chi connectivity index (χ2n) is 7.11. The Kier molecular flexibility index (Phi) is 7.76. The number of hydrogen-bond acceptors (Lipinski definition) is 3. The minimum Gasteiger partial charge on any atom is -0.332 e. The van der Waals surface area contributed by atoms with E-state index in [0.717, 1.165) is 30.6 Å². The summed E-state index contributed by atoms with van der Waals surface area (Å²) in [5, 5.41) is 9.91. The number of aliphatic imine (C=N–C) groups is 2. The van der Waals surface area contributed by atoms with Gasteiger partial charge in [0.2, 0.25) is 5.96 Å². The predicted octanol–water partition coefficient (Wildman–Crippen LogP) is 4.49. The Balaban J connectivity index is 1.79. The van der Waals surface area contributed by atoms with Gasteiger partial charge in [-0.1, -0.05) is 63.6 Å². The average molecular weight is 344 g/mol. The summed E-state index contributed by atoms with van der Waals surface area (Å²) in [7, 11) is 0. The lowest BCUT2D eigenvalue weighted by atomic mass is 10.1. The first-order chi connectivity index (χ1) is 12.1. The molecule has 0 aliphatic carbocycles. The van der Waals surface area contributed by atoms with Crippen molar-refractivity contribution >= 4 is 17.6 Å². The van der Waals surface area contributed by atoms with Crippen LogP contribution in [0.2, 0.25) is 0 Å². The van der Waals surface area contributed by atoms with Crippen molar-refractivity contribution < 1.29 is 0 Å². The van der Waals surface area contributed by atoms with Gasteiger partial charge in [0.25, 0.3) is 0 Å². The molecule has 0 saturated heterocycles. The zero-order valence-electron chi connectivity index (χ0n) is 15.9. The summed E-state index contributed by atoms with van der Waals surface area (Å²) in [4.78, 5) is 9.33. The van der Waals surface area contributed by atoms with Gasteiger partial charge in [-0.2, -0.15) is 0 Å². The Labute approximate surface area is 152 Å². The maximum Gasteiger partial charge on any atom is 0.204 e. The third-order valence-corrected chi connectivity index (χ3v) is 4.12. The van der Waals surface area contributed by atoms with Crippen molar-refractivity contribution in [1.29, 1.82) is 0 Å². The number of unbranched alkanes of at least 4 members (excludes halogenated alkanes) is 6. The first-order valence-electron chi connectivity index (χ1n) is 9.60. The summed E-state index contributed by atoms with van der Waals surface area (Å²) in [6.45, 7) is 7.19. The van der Waals surface area contributed by atoms with Crippen LogP contribution in [0.4, 0.5) is 5.69 Å². The molecule has 2 rings (SSSR count). The molecule has 0 amide bonds. The number of hydrogen-bond donors (Lipinski definition) is 3. The van der Waals surface area contributed by atoms with E-state index in [4.69, 9.17) is 0 Å². The van der Waals surface area contributed by atoms with E-state index in [9.17, 15) is 0 Å². The van der Waals surface area contributed by atoms with Crippen molar-refractivity contribution in [1.82, 2.24) is 10.6 Å². The third kappa shape index (κ3) is 7.59. The van der Waals surface area contributed by atoms with E-state index in [0.29, 0.717) is 0 Å². The molecule has 0 radical (unpaired) electrons. The molecule has 1 aliphatic heterocycles. The summed E-state index contributed by atoms with van der Waals surface area (Å²) in [5.41, 5.74) is 0.638. The molecule has 0 atom stereocenters.